The first-order chi connectivity index (χ1) is 8.81. The van der Waals surface area contributed by atoms with Gasteiger partial charge in [-0.1, -0.05) is 41.1 Å². The quantitative estimate of drug-likeness (QED) is 0.855. The number of aromatic nitrogens is 1. The van der Waals surface area contributed by atoms with E-state index in [4.69, 9.17) is 0 Å². The Kier molecular flexibility index (Phi) is 5.02. The molecule has 0 aliphatic rings. The fraction of sp³-hybridized carbons (Fsp3) is 0.333. The van der Waals surface area contributed by atoms with Crippen molar-refractivity contribution < 1.29 is 0 Å². The minimum atomic E-state index is 0.888. The minimum Gasteiger partial charge on any atom is -0.350 e. The summed E-state index contributed by atoms with van der Waals surface area (Å²) in [6.07, 6.45) is 3.32. The van der Waals surface area contributed by atoms with Crippen LogP contribution in [0.4, 0.5) is 0 Å². The minimum absolute atomic E-state index is 0.888. The van der Waals surface area contributed by atoms with E-state index >= 15 is 0 Å². The van der Waals surface area contributed by atoms with Gasteiger partial charge in [-0.05, 0) is 30.2 Å². The Labute approximate surface area is 117 Å². The van der Waals surface area contributed by atoms with Crippen molar-refractivity contribution >= 4 is 15.9 Å². The number of nitrogens with one attached hydrogen (secondary N) is 1. The lowest BCUT2D eigenvalue weighted by atomic mass is 10.2. The van der Waals surface area contributed by atoms with E-state index in [1.165, 1.54) is 22.2 Å². The summed E-state index contributed by atoms with van der Waals surface area (Å²) in [5.74, 6) is 0. The zero-order valence-electron chi connectivity index (χ0n) is 10.7. The fourth-order valence-electron chi connectivity index (χ4n) is 2.04. The molecule has 1 aromatic carbocycles. The normalized spacial score (nSPS) is 10.8. The van der Waals surface area contributed by atoms with Gasteiger partial charge in [0.2, 0.25) is 0 Å². The standard InChI is InChI=1S/C15H19BrN2/c1-2-9-18-10-5-7-14(18)12-17-11-13-6-3-4-8-15(13)16/h3-8,10,17H,2,9,11-12H2,1H3. The van der Waals surface area contributed by atoms with Crippen LogP contribution in [0.5, 0.6) is 0 Å². The molecule has 0 saturated carbocycles. The monoisotopic (exact) mass is 306 g/mol. The Bertz CT molecular complexity index is 491. The zero-order chi connectivity index (χ0) is 12.8. The summed E-state index contributed by atoms with van der Waals surface area (Å²) in [5, 5.41) is 3.49. The van der Waals surface area contributed by atoms with Crippen LogP contribution in [0.15, 0.2) is 47.1 Å². The van der Waals surface area contributed by atoms with E-state index in [9.17, 15) is 0 Å². The Hall–Kier alpha value is -1.06. The van der Waals surface area contributed by atoms with Gasteiger partial charge in [0.15, 0.2) is 0 Å². The number of hydrogen-bond donors (Lipinski definition) is 1. The lowest BCUT2D eigenvalue weighted by Gasteiger charge is -2.10. The molecular weight excluding hydrogens is 288 g/mol. The smallest absolute Gasteiger partial charge is 0.0362 e. The Morgan fingerprint density at radius 1 is 1.11 bits per heavy atom. The molecule has 0 saturated heterocycles. The van der Waals surface area contributed by atoms with E-state index in [0.717, 1.165) is 19.6 Å². The van der Waals surface area contributed by atoms with Crippen LogP contribution in [0.3, 0.4) is 0 Å². The topological polar surface area (TPSA) is 17.0 Å². The molecule has 0 bridgehead atoms. The number of halogens is 1. The molecule has 0 aliphatic carbocycles. The van der Waals surface area contributed by atoms with E-state index in [1.807, 2.05) is 6.07 Å². The highest BCUT2D eigenvalue weighted by Crippen LogP contribution is 2.15. The second kappa shape index (κ2) is 6.76. The summed E-state index contributed by atoms with van der Waals surface area (Å²) < 4.78 is 3.48. The first kappa shape index (κ1) is 13.4. The maximum absolute atomic E-state index is 3.57. The van der Waals surface area contributed by atoms with Crippen LogP contribution in [0.25, 0.3) is 0 Å². The summed E-state index contributed by atoms with van der Waals surface area (Å²) in [6.45, 7) is 5.10. The maximum atomic E-state index is 3.57. The highest BCUT2D eigenvalue weighted by molar-refractivity contribution is 9.10. The molecule has 0 unspecified atom stereocenters. The zero-order valence-corrected chi connectivity index (χ0v) is 12.3. The SMILES string of the molecule is CCCn1cccc1CNCc1ccccc1Br. The van der Waals surface area contributed by atoms with Gasteiger partial charge in [0, 0.05) is 36.0 Å². The molecule has 1 N–H and O–H groups in total. The molecule has 0 amide bonds. The van der Waals surface area contributed by atoms with Crippen molar-refractivity contribution in [1.82, 2.24) is 9.88 Å². The van der Waals surface area contributed by atoms with Crippen LogP contribution in [-0.2, 0) is 19.6 Å². The van der Waals surface area contributed by atoms with Gasteiger partial charge in [-0.3, -0.25) is 0 Å². The van der Waals surface area contributed by atoms with Gasteiger partial charge >= 0.3 is 0 Å². The predicted octanol–water partition coefficient (Wildman–Crippen LogP) is 3.95. The Morgan fingerprint density at radius 2 is 1.94 bits per heavy atom. The number of aryl methyl sites for hydroxylation is 1. The lowest BCUT2D eigenvalue weighted by Crippen LogP contribution is -2.16. The van der Waals surface area contributed by atoms with Crippen LogP contribution in [0.2, 0.25) is 0 Å². The van der Waals surface area contributed by atoms with Gasteiger partial charge in [0.25, 0.3) is 0 Å². The summed E-state index contributed by atoms with van der Waals surface area (Å²) in [6, 6.07) is 12.6. The highest BCUT2D eigenvalue weighted by Gasteiger charge is 2.01. The van der Waals surface area contributed by atoms with Crippen molar-refractivity contribution in [2.45, 2.75) is 33.0 Å². The Balaban J connectivity index is 1.88. The van der Waals surface area contributed by atoms with Crippen molar-refractivity contribution in [2.24, 2.45) is 0 Å². The molecular formula is C15H19BrN2. The Morgan fingerprint density at radius 3 is 2.72 bits per heavy atom. The number of hydrogen-bond acceptors (Lipinski definition) is 1. The van der Waals surface area contributed by atoms with Crippen molar-refractivity contribution in [2.75, 3.05) is 0 Å². The fourth-order valence-corrected chi connectivity index (χ4v) is 2.46. The third-order valence-corrected chi connectivity index (χ3v) is 3.74. The molecule has 0 atom stereocenters. The molecule has 1 heterocycles. The molecule has 3 heteroatoms. The molecule has 0 spiro atoms. The van der Waals surface area contributed by atoms with Crippen LogP contribution < -0.4 is 5.32 Å². The molecule has 2 rings (SSSR count). The lowest BCUT2D eigenvalue weighted by molar-refractivity contribution is 0.601. The van der Waals surface area contributed by atoms with Gasteiger partial charge in [-0.15, -0.1) is 0 Å². The summed E-state index contributed by atoms with van der Waals surface area (Å²) in [7, 11) is 0. The number of rotatable bonds is 6. The van der Waals surface area contributed by atoms with Crippen molar-refractivity contribution in [3.63, 3.8) is 0 Å². The average molecular weight is 307 g/mol. The van der Waals surface area contributed by atoms with E-state index in [-0.39, 0.29) is 0 Å². The molecule has 2 nitrogen and oxygen atoms in total. The van der Waals surface area contributed by atoms with Gasteiger partial charge in [0.05, 0.1) is 0 Å². The molecule has 2 aromatic rings. The second-order valence-electron chi connectivity index (χ2n) is 4.39. The third kappa shape index (κ3) is 3.47. The molecule has 0 fully saturated rings. The van der Waals surface area contributed by atoms with Crippen molar-refractivity contribution in [1.29, 1.82) is 0 Å². The summed E-state index contributed by atoms with van der Waals surface area (Å²) in [5.41, 5.74) is 2.65. The molecule has 1 aromatic heterocycles. The highest BCUT2D eigenvalue weighted by atomic mass is 79.9. The van der Waals surface area contributed by atoms with Gasteiger partial charge in [-0.2, -0.15) is 0 Å². The third-order valence-electron chi connectivity index (χ3n) is 2.97. The van der Waals surface area contributed by atoms with Crippen LogP contribution >= 0.6 is 15.9 Å². The summed E-state index contributed by atoms with van der Waals surface area (Å²) >= 11 is 3.57. The van der Waals surface area contributed by atoms with Crippen molar-refractivity contribution in [3.8, 4) is 0 Å². The van der Waals surface area contributed by atoms with Crippen LogP contribution in [0.1, 0.15) is 24.6 Å². The van der Waals surface area contributed by atoms with E-state index in [1.54, 1.807) is 0 Å². The average Bonchev–Trinajstić information content (AvgIpc) is 2.80. The first-order valence-electron chi connectivity index (χ1n) is 6.39. The number of nitrogens with zero attached hydrogens (tertiary/aromatic N) is 1. The first-order valence-corrected chi connectivity index (χ1v) is 7.18. The van der Waals surface area contributed by atoms with Gasteiger partial charge < -0.3 is 9.88 Å². The van der Waals surface area contributed by atoms with E-state index < -0.39 is 0 Å². The predicted molar refractivity (Wildman–Crippen MR) is 79.4 cm³/mol. The maximum Gasteiger partial charge on any atom is 0.0362 e. The van der Waals surface area contributed by atoms with E-state index in [0.29, 0.717) is 0 Å². The van der Waals surface area contributed by atoms with Crippen molar-refractivity contribution in [3.05, 3.63) is 58.3 Å². The van der Waals surface area contributed by atoms with Crippen LogP contribution in [0, 0.1) is 0 Å². The molecule has 0 aliphatic heterocycles. The largest absolute Gasteiger partial charge is 0.350 e. The van der Waals surface area contributed by atoms with Gasteiger partial charge in [-0.25, -0.2) is 0 Å². The number of benzene rings is 1. The van der Waals surface area contributed by atoms with E-state index in [2.05, 4.69) is 69.3 Å². The molecule has 96 valence electrons. The summed E-state index contributed by atoms with van der Waals surface area (Å²) in [4.78, 5) is 0. The second-order valence-corrected chi connectivity index (χ2v) is 5.24. The molecule has 18 heavy (non-hydrogen) atoms. The van der Waals surface area contributed by atoms with Gasteiger partial charge in [0.1, 0.15) is 0 Å². The molecule has 0 radical (unpaired) electrons. The van der Waals surface area contributed by atoms with Crippen LogP contribution in [-0.4, -0.2) is 4.57 Å².